The standard InChI is InChI=1S/C17H21BrO2/c1-11(2)19-16-9-13(10-18)17(20-12(3)4)15-8-6-5-7-14(15)16/h5-9,11-12H,10H2,1-4H3. The van der Waals surface area contributed by atoms with Crippen LogP contribution in [0.3, 0.4) is 0 Å². The molecule has 0 heterocycles. The van der Waals surface area contributed by atoms with Gasteiger partial charge in [0.05, 0.1) is 12.2 Å². The van der Waals surface area contributed by atoms with Crippen LogP contribution in [0.2, 0.25) is 0 Å². The zero-order chi connectivity index (χ0) is 14.7. The van der Waals surface area contributed by atoms with Crippen molar-refractivity contribution in [2.24, 2.45) is 0 Å². The van der Waals surface area contributed by atoms with Gasteiger partial charge >= 0.3 is 0 Å². The Morgan fingerprint density at radius 1 is 0.950 bits per heavy atom. The van der Waals surface area contributed by atoms with Gasteiger partial charge in [-0.3, -0.25) is 0 Å². The number of ether oxygens (including phenoxy) is 2. The third-order valence-corrected chi connectivity index (χ3v) is 3.50. The summed E-state index contributed by atoms with van der Waals surface area (Å²) in [6.07, 6.45) is 0.298. The molecular weight excluding hydrogens is 316 g/mol. The molecule has 108 valence electrons. The molecule has 0 aliphatic heterocycles. The topological polar surface area (TPSA) is 18.5 Å². The van der Waals surface area contributed by atoms with E-state index in [1.54, 1.807) is 0 Å². The lowest BCUT2D eigenvalue weighted by Crippen LogP contribution is -2.10. The lowest BCUT2D eigenvalue weighted by atomic mass is 10.0. The van der Waals surface area contributed by atoms with E-state index < -0.39 is 0 Å². The van der Waals surface area contributed by atoms with Gasteiger partial charge in [-0.2, -0.15) is 0 Å². The van der Waals surface area contributed by atoms with E-state index in [4.69, 9.17) is 9.47 Å². The molecule has 0 bridgehead atoms. The van der Waals surface area contributed by atoms with Crippen LogP contribution in [0.4, 0.5) is 0 Å². The van der Waals surface area contributed by atoms with Crippen LogP contribution < -0.4 is 9.47 Å². The molecule has 2 rings (SSSR count). The predicted octanol–water partition coefficient (Wildman–Crippen LogP) is 5.31. The first-order valence-corrected chi connectivity index (χ1v) is 8.09. The molecule has 0 saturated heterocycles. The summed E-state index contributed by atoms with van der Waals surface area (Å²) in [4.78, 5) is 0. The maximum absolute atomic E-state index is 6.02. The molecule has 2 nitrogen and oxygen atoms in total. The van der Waals surface area contributed by atoms with Crippen molar-refractivity contribution in [1.29, 1.82) is 0 Å². The minimum atomic E-state index is 0.146. The lowest BCUT2D eigenvalue weighted by molar-refractivity contribution is 0.238. The van der Waals surface area contributed by atoms with Gasteiger partial charge in [0.2, 0.25) is 0 Å². The second-order valence-corrected chi connectivity index (χ2v) is 5.94. The van der Waals surface area contributed by atoms with Crippen LogP contribution in [0.15, 0.2) is 30.3 Å². The first-order valence-electron chi connectivity index (χ1n) is 6.96. The van der Waals surface area contributed by atoms with E-state index in [-0.39, 0.29) is 12.2 Å². The lowest BCUT2D eigenvalue weighted by Gasteiger charge is -2.19. The number of fused-ring (bicyclic) bond motifs is 1. The Morgan fingerprint density at radius 2 is 1.55 bits per heavy atom. The van der Waals surface area contributed by atoms with Crippen LogP contribution >= 0.6 is 15.9 Å². The van der Waals surface area contributed by atoms with E-state index >= 15 is 0 Å². The zero-order valence-corrected chi connectivity index (χ0v) is 14.0. The molecule has 0 N–H and O–H groups in total. The molecule has 0 aliphatic carbocycles. The summed E-state index contributed by atoms with van der Waals surface area (Å²) < 4.78 is 12.0. The summed E-state index contributed by atoms with van der Waals surface area (Å²) in [6.45, 7) is 8.18. The molecule has 0 aliphatic rings. The van der Waals surface area contributed by atoms with Crippen molar-refractivity contribution in [3.05, 3.63) is 35.9 Å². The maximum Gasteiger partial charge on any atom is 0.131 e. The Hall–Kier alpha value is -1.22. The molecule has 2 aromatic rings. The van der Waals surface area contributed by atoms with Gasteiger partial charge in [0.15, 0.2) is 0 Å². The Bertz CT molecular complexity index is 591. The minimum Gasteiger partial charge on any atom is -0.490 e. The van der Waals surface area contributed by atoms with Crippen LogP contribution in [-0.4, -0.2) is 12.2 Å². The molecule has 20 heavy (non-hydrogen) atoms. The van der Waals surface area contributed by atoms with Crippen LogP contribution in [0.25, 0.3) is 10.8 Å². The fraction of sp³-hybridized carbons (Fsp3) is 0.412. The first-order chi connectivity index (χ1) is 9.52. The molecule has 0 radical (unpaired) electrons. The molecule has 0 spiro atoms. The summed E-state index contributed by atoms with van der Waals surface area (Å²) in [6, 6.07) is 10.3. The van der Waals surface area contributed by atoms with E-state index in [9.17, 15) is 0 Å². The second-order valence-electron chi connectivity index (χ2n) is 5.38. The summed E-state index contributed by atoms with van der Waals surface area (Å²) >= 11 is 3.55. The molecular formula is C17H21BrO2. The van der Waals surface area contributed by atoms with E-state index in [0.717, 1.165) is 33.2 Å². The van der Waals surface area contributed by atoms with Crippen molar-refractivity contribution in [2.75, 3.05) is 0 Å². The molecule has 0 fully saturated rings. The molecule has 2 aromatic carbocycles. The van der Waals surface area contributed by atoms with Gasteiger partial charge in [0, 0.05) is 21.7 Å². The highest BCUT2D eigenvalue weighted by Gasteiger charge is 2.15. The van der Waals surface area contributed by atoms with Crippen LogP contribution in [0, 0.1) is 0 Å². The number of benzene rings is 2. The molecule has 3 heteroatoms. The SMILES string of the molecule is CC(C)Oc1cc(CBr)c(OC(C)C)c2ccccc12. The third kappa shape index (κ3) is 3.26. The number of alkyl halides is 1. The van der Waals surface area contributed by atoms with Crippen molar-refractivity contribution in [3.63, 3.8) is 0 Å². The Morgan fingerprint density at radius 3 is 2.10 bits per heavy atom. The van der Waals surface area contributed by atoms with Gasteiger partial charge in [-0.05, 0) is 33.8 Å². The summed E-state index contributed by atoms with van der Waals surface area (Å²) in [5.41, 5.74) is 1.12. The van der Waals surface area contributed by atoms with Crippen molar-refractivity contribution < 1.29 is 9.47 Å². The highest BCUT2D eigenvalue weighted by Crippen LogP contribution is 2.38. The molecule has 0 amide bonds. The third-order valence-electron chi connectivity index (χ3n) is 2.89. The van der Waals surface area contributed by atoms with E-state index in [2.05, 4.69) is 34.1 Å². The predicted molar refractivity (Wildman–Crippen MR) is 88.1 cm³/mol. The van der Waals surface area contributed by atoms with Gasteiger partial charge in [0.25, 0.3) is 0 Å². The van der Waals surface area contributed by atoms with E-state index in [0.29, 0.717) is 0 Å². The van der Waals surface area contributed by atoms with Gasteiger partial charge < -0.3 is 9.47 Å². The van der Waals surface area contributed by atoms with Crippen molar-refractivity contribution in [3.8, 4) is 11.5 Å². The number of hydrogen-bond acceptors (Lipinski definition) is 2. The van der Waals surface area contributed by atoms with Crippen molar-refractivity contribution >= 4 is 26.7 Å². The average Bonchev–Trinajstić information content (AvgIpc) is 2.40. The fourth-order valence-corrected chi connectivity index (χ4v) is 2.61. The zero-order valence-electron chi connectivity index (χ0n) is 12.4. The number of rotatable bonds is 5. The largest absolute Gasteiger partial charge is 0.490 e. The highest BCUT2D eigenvalue weighted by atomic mass is 79.9. The Balaban J connectivity index is 2.66. The highest BCUT2D eigenvalue weighted by molar-refractivity contribution is 9.08. The quantitative estimate of drug-likeness (QED) is 0.689. The van der Waals surface area contributed by atoms with Gasteiger partial charge in [-0.25, -0.2) is 0 Å². The van der Waals surface area contributed by atoms with Crippen LogP contribution in [0.5, 0.6) is 11.5 Å². The Kier molecular flexibility index (Phi) is 4.92. The Labute approximate surface area is 129 Å². The number of hydrogen-bond donors (Lipinski definition) is 0. The van der Waals surface area contributed by atoms with Gasteiger partial charge in [-0.1, -0.05) is 40.2 Å². The second kappa shape index (κ2) is 6.49. The summed E-state index contributed by atoms with van der Waals surface area (Å²) in [5, 5.41) is 2.95. The fourth-order valence-electron chi connectivity index (χ4n) is 2.20. The summed E-state index contributed by atoms with van der Waals surface area (Å²) in [7, 11) is 0. The normalized spacial score (nSPS) is 11.3. The van der Waals surface area contributed by atoms with Gasteiger partial charge in [-0.15, -0.1) is 0 Å². The minimum absolute atomic E-state index is 0.146. The van der Waals surface area contributed by atoms with E-state index in [1.807, 2.05) is 39.8 Å². The smallest absolute Gasteiger partial charge is 0.131 e. The first kappa shape index (κ1) is 15.2. The summed E-state index contributed by atoms with van der Waals surface area (Å²) in [5.74, 6) is 1.87. The van der Waals surface area contributed by atoms with Crippen molar-refractivity contribution in [2.45, 2.75) is 45.2 Å². The molecule has 0 unspecified atom stereocenters. The molecule has 0 aromatic heterocycles. The maximum atomic E-state index is 6.02. The molecule has 0 saturated carbocycles. The molecule has 0 atom stereocenters. The van der Waals surface area contributed by atoms with Crippen LogP contribution in [0.1, 0.15) is 33.3 Å². The monoisotopic (exact) mass is 336 g/mol. The van der Waals surface area contributed by atoms with Crippen LogP contribution in [-0.2, 0) is 5.33 Å². The van der Waals surface area contributed by atoms with Gasteiger partial charge in [0.1, 0.15) is 11.5 Å². The van der Waals surface area contributed by atoms with Crippen molar-refractivity contribution in [1.82, 2.24) is 0 Å². The average molecular weight is 337 g/mol. The van der Waals surface area contributed by atoms with E-state index in [1.165, 1.54) is 0 Å². The number of halogens is 1.